The van der Waals surface area contributed by atoms with Crippen LogP contribution in [0.25, 0.3) is 0 Å². The molecule has 2 aromatic rings. The minimum atomic E-state index is -1.29. The number of hydrogen-bond donors (Lipinski definition) is 0. The van der Waals surface area contributed by atoms with Gasteiger partial charge in [-0.25, -0.2) is 4.79 Å². The SMILES string of the molecule is COC(=O)C(Oc1ccc(Br)cc1)Oc1ccc(Cl)cc1Cl. The van der Waals surface area contributed by atoms with Gasteiger partial charge < -0.3 is 14.2 Å². The number of ether oxygens (including phenoxy) is 3. The zero-order valence-corrected chi connectivity index (χ0v) is 14.5. The molecule has 0 aliphatic rings. The summed E-state index contributed by atoms with van der Waals surface area (Å²) in [5.74, 6) is 0.0243. The fraction of sp³-hybridized carbons (Fsp3) is 0.133. The summed E-state index contributed by atoms with van der Waals surface area (Å²) in [7, 11) is 1.24. The Hall–Kier alpha value is -1.43. The number of esters is 1. The van der Waals surface area contributed by atoms with Crippen LogP contribution in [0, 0.1) is 0 Å². The first-order valence-corrected chi connectivity index (χ1v) is 7.66. The number of benzene rings is 2. The van der Waals surface area contributed by atoms with E-state index >= 15 is 0 Å². The third-order valence-corrected chi connectivity index (χ3v) is 3.64. The third-order valence-electron chi connectivity index (χ3n) is 2.58. The van der Waals surface area contributed by atoms with Crippen molar-refractivity contribution in [1.82, 2.24) is 0 Å². The first-order valence-electron chi connectivity index (χ1n) is 6.11. The van der Waals surface area contributed by atoms with E-state index in [4.69, 9.17) is 32.7 Å². The first-order chi connectivity index (χ1) is 10.5. The maximum atomic E-state index is 11.8. The van der Waals surface area contributed by atoms with Crippen LogP contribution >= 0.6 is 39.1 Å². The van der Waals surface area contributed by atoms with Crippen LogP contribution in [0.2, 0.25) is 10.0 Å². The summed E-state index contributed by atoms with van der Waals surface area (Å²) < 4.78 is 16.6. The lowest BCUT2D eigenvalue weighted by Gasteiger charge is -2.19. The van der Waals surface area contributed by atoms with Crippen molar-refractivity contribution >= 4 is 45.1 Å². The molecule has 0 fully saturated rings. The lowest BCUT2D eigenvalue weighted by Crippen LogP contribution is -2.34. The van der Waals surface area contributed by atoms with Crippen molar-refractivity contribution in [2.45, 2.75) is 6.29 Å². The van der Waals surface area contributed by atoms with Crippen molar-refractivity contribution in [3.05, 3.63) is 57.0 Å². The fourth-order valence-electron chi connectivity index (χ4n) is 1.54. The molecule has 22 heavy (non-hydrogen) atoms. The highest BCUT2D eigenvalue weighted by Crippen LogP contribution is 2.29. The molecular formula is C15H11BrCl2O4. The van der Waals surface area contributed by atoms with E-state index in [9.17, 15) is 4.79 Å². The molecule has 0 spiro atoms. The van der Waals surface area contributed by atoms with Crippen molar-refractivity contribution < 1.29 is 19.0 Å². The van der Waals surface area contributed by atoms with E-state index < -0.39 is 12.3 Å². The molecule has 2 aromatic carbocycles. The minimum Gasteiger partial charge on any atom is -0.463 e. The lowest BCUT2D eigenvalue weighted by atomic mass is 10.3. The normalized spacial score (nSPS) is 11.6. The monoisotopic (exact) mass is 404 g/mol. The molecule has 0 aliphatic carbocycles. The summed E-state index contributed by atoms with van der Waals surface area (Å²) in [6, 6.07) is 11.6. The largest absolute Gasteiger partial charge is 0.463 e. The van der Waals surface area contributed by atoms with Gasteiger partial charge in [0, 0.05) is 9.50 Å². The maximum Gasteiger partial charge on any atom is 0.389 e. The lowest BCUT2D eigenvalue weighted by molar-refractivity contribution is -0.162. The first kappa shape index (κ1) is 16.9. The van der Waals surface area contributed by atoms with Crippen molar-refractivity contribution in [3.8, 4) is 11.5 Å². The zero-order valence-electron chi connectivity index (χ0n) is 11.4. The molecule has 0 N–H and O–H groups in total. The van der Waals surface area contributed by atoms with E-state index in [0.29, 0.717) is 10.8 Å². The summed E-state index contributed by atoms with van der Waals surface area (Å²) in [6.07, 6.45) is -1.29. The Morgan fingerprint density at radius 3 is 2.36 bits per heavy atom. The smallest absolute Gasteiger partial charge is 0.389 e. The number of methoxy groups -OCH3 is 1. The highest BCUT2D eigenvalue weighted by atomic mass is 79.9. The van der Waals surface area contributed by atoms with E-state index in [1.165, 1.54) is 13.2 Å². The molecule has 4 nitrogen and oxygen atoms in total. The molecule has 7 heteroatoms. The van der Waals surface area contributed by atoms with E-state index in [0.717, 1.165) is 4.47 Å². The van der Waals surface area contributed by atoms with Gasteiger partial charge in [-0.1, -0.05) is 39.1 Å². The zero-order chi connectivity index (χ0) is 16.1. The van der Waals surface area contributed by atoms with Crippen LogP contribution in [0.1, 0.15) is 0 Å². The Morgan fingerprint density at radius 1 is 1.09 bits per heavy atom. The summed E-state index contributed by atoms with van der Waals surface area (Å²) in [5, 5.41) is 0.724. The highest BCUT2D eigenvalue weighted by Gasteiger charge is 2.24. The minimum absolute atomic E-state index is 0.263. The summed E-state index contributed by atoms with van der Waals surface area (Å²) in [6.45, 7) is 0. The number of carbonyl (C=O) groups excluding carboxylic acids is 1. The molecule has 0 heterocycles. The van der Waals surface area contributed by atoms with Crippen LogP contribution < -0.4 is 9.47 Å². The van der Waals surface area contributed by atoms with Gasteiger partial charge in [0.25, 0.3) is 0 Å². The Bertz CT molecular complexity index is 661. The number of rotatable bonds is 5. The Balaban J connectivity index is 2.19. The van der Waals surface area contributed by atoms with Crippen molar-refractivity contribution in [2.75, 3.05) is 7.11 Å². The fourth-order valence-corrected chi connectivity index (χ4v) is 2.26. The summed E-state index contributed by atoms with van der Waals surface area (Å²) in [4.78, 5) is 11.8. The average molecular weight is 406 g/mol. The van der Waals surface area contributed by atoms with Gasteiger partial charge in [-0.15, -0.1) is 0 Å². The predicted octanol–water partition coefficient (Wildman–Crippen LogP) is 4.71. The molecule has 1 atom stereocenters. The second-order valence-electron chi connectivity index (χ2n) is 4.12. The number of halogens is 3. The van der Waals surface area contributed by atoms with Crippen LogP contribution in [0.4, 0.5) is 0 Å². The Labute approximate surface area is 146 Å². The van der Waals surface area contributed by atoms with Gasteiger partial charge in [0.2, 0.25) is 0 Å². The van der Waals surface area contributed by atoms with Gasteiger partial charge in [-0.3, -0.25) is 0 Å². The molecule has 0 aliphatic heterocycles. The van der Waals surface area contributed by atoms with E-state index in [1.54, 1.807) is 36.4 Å². The number of carbonyl (C=O) groups is 1. The van der Waals surface area contributed by atoms with Gasteiger partial charge >= 0.3 is 12.3 Å². The van der Waals surface area contributed by atoms with E-state index in [2.05, 4.69) is 20.7 Å². The van der Waals surface area contributed by atoms with Gasteiger partial charge in [-0.2, -0.15) is 0 Å². The Morgan fingerprint density at radius 2 is 1.77 bits per heavy atom. The second kappa shape index (κ2) is 7.72. The molecule has 116 valence electrons. The second-order valence-corrected chi connectivity index (χ2v) is 5.88. The van der Waals surface area contributed by atoms with Crippen molar-refractivity contribution in [2.24, 2.45) is 0 Å². The van der Waals surface area contributed by atoms with E-state index in [1.807, 2.05) is 0 Å². The molecule has 0 radical (unpaired) electrons. The molecular weight excluding hydrogens is 395 g/mol. The van der Waals surface area contributed by atoms with Crippen molar-refractivity contribution in [3.63, 3.8) is 0 Å². The van der Waals surface area contributed by atoms with Crippen LogP contribution in [0.3, 0.4) is 0 Å². The average Bonchev–Trinajstić information content (AvgIpc) is 2.50. The molecule has 1 unspecified atom stereocenters. The van der Waals surface area contributed by atoms with Gasteiger partial charge in [0.1, 0.15) is 11.5 Å². The molecule has 0 aromatic heterocycles. The molecule has 0 bridgehead atoms. The van der Waals surface area contributed by atoms with Gasteiger partial charge in [-0.05, 0) is 42.5 Å². The number of hydrogen-bond acceptors (Lipinski definition) is 4. The highest BCUT2D eigenvalue weighted by molar-refractivity contribution is 9.10. The quantitative estimate of drug-likeness (QED) is 0.533. The van der Waals surface area contributed by atoms with Gasteiger partial charge in [0.05, 0.1) is 12.1 Å². The molecule has 0 amide bonds. The third kappa shape index (κ3) is 4.53. The van der Waals surface area contributed by atoms with Crippen LogP contribution in [0.15, 0.2) is 46.9 Å². The van der Waals surface area contributed by atoms with E-state index in [-0.39, 0.29) is 10.8 Å². The topological polar surface area (TPSA) is 44.8 Å². The van der Waals surface area contributed by atoms with Crippen LogP contribution in [-0.4, -0.2) is 19.4 Å². The standard InChI is InChI=1S/C15H11BrCl2O4/c1-20-14(19)15(21-11-5-2-9(16)3-6-11)22-13-7-4-10(17)8-12(13)18/h2-8,15H,1H3. The molecule has 2 rings (SSSR count). The molecule has 0 saturated heterocycles. The maximum absolute atomic E-state index is 11.8. The summed E-state index contributed by atoms with van der Waals surface area (Å²) >= 11 is 15.2. The van der Waals surface area contributed by atoms with Gasteiger partial charge in [0.15, 0.2) is 0 Å². The molecule has 0 saturated carbocycles. The summed E-state index contributed by atoms with van der Waals surface area (Å²) in [5.41, 5.74) is 0. The predicted molar refractivity (Wildman–Crippen MR) is 87.7 cm³/mol. The van der Waals surface area contributed by atoms with Crippen LogP contribution in [0.5, 0.6) is 11.5 Å². The van der Waals surface area contributed by atoms with Crippen molar-refractivity contribution in [1.29, 1.82) is 0 Å². The Kier molecular flexibility index (Phi) is 5.94. The van der Waals surface area contributed by atoms with Crippen LogP contribution in [-0.2, 0) is 9.53 Å².